The van der Waals surface area contributed by atoms with Crippen molar-refractivity contribution in [2.75, 3.05) is 16.6 Å². The van der Waals surface area contributed by atoms with Gasteiger partial charge in [-0.25, -0.2) is 9.97 Å². The molecule has 0 unspecified atom stereocenters. The molecule has 0 spiro atoms. The molecule has 148 valence electrons. The van der Waals surface area contributed by atoms with Crippen LogP contribution in [0.15, 0.2) is 54.9 Å². The molecule has 0 aliphatic carbocycles. The third kappa shape index (κ3) is 5.03. The number of hydrogen-bond donors (Lipinski definition) is 5. The second-order valence-corrected chi connectivity index (χ2v) is 6.47. The van der Waals surface area contributed by atoms with E-state index >= 15 is 0 Å². The monoisotopic (exact) mass is 431 g/mol. The smallest absolute Gasteiger partial charge is 0.271 e. The zero-order valence-corrected chi connectivity index (χ0v) is 16.3. The van der Waals surface area contributed by atoms with E-state index in [1.807, 2.05) is 0 Å². The zero-order valence-electron chi connectivity index (χ0n) is 14.7. The van der Waals surface area contributed by atoms with Gasteiger partial charge in [0.1, 0.15) is 12.0 Å². The van der Waals surface area contributed by atoms with Crippen LogP contribution in [-0.2, 0) is 0 Å². The first kappa shape index (κ1) is 20.2. The van der Waals surface area contributed by atoms with Crippen LogP contribution in [0.3, 0.4) is 0 Å². The lowest BCUT2D eigenvalue weighted by atomic mass is 10.2. The molecule has 0 saturated carbocycles. The molecule has 6 N–H and O–H groups in total. The maximum absolute atomic E-state index is 12.2. The highest BCUT2D eigenvalue weighted by Gasteiger charge is 2.13. The zero-order chi connectivity index (χ0) is 20.8. The van der Waals surface area contributed by atoms with Crippen LogP contribution >= 0.6 is 23.2 Å². The molecule has 0 atom stereocenters. The minimum absolute atomic E-state index is 0.0726. The van der Waals surface area contributed by atoms with Crippen LogP contribution in [0, 0.1) is 0 Å². The van der Waals surface area contributed by atoms with Crippen molar-refractivity contribution in [3.63, 3.8) is 0 Å². The maximum Gasteiger partial charge on any atom is 0.271 e. The summed E-state index contributed by atoms with van der Waals surface area (Å²) in [6, 6.07) is 12.9. The number of rotatable bonds is 6. The summed E-state index contributed by atoms with van der Waals surface area (Å²) in [4.78, 5) is 32.3. The molecule has 0 bridgehead atoms. The molecule has 0 saturated heterocycles. The summed E-state index contributed by atoms with van der Waals surface area (Å²) in [5.74, 6) is -0.624. The van der Waals surface area contributed by atoms with Gasteiger partial charge in [-0.2, -0.15) is 0 Å². The Hall–Kier alpha value is -3.56. The van der Waals surface area contributed by atoms with Crippen molar-refractivity contribution >= 4 is 52.3 Å². The van der Waals surface area contributed by atoms with E-state index in [2.05, 4.69) is 31.7 Å². The number of nitrogens with zero attached hydrogens (tertiary/aromatic N) is 2. The van der Waals surface area contributed by atoms with Gasteiger partial charge >= 0.3 is 0 Å². The highest BCUT2D eigenvalue weighted by molar-refractivity contribution is 6.33. The largest absolute Gasteiger partial charge is 0.393 e. The third-order valence-corrected chi connectivity index (χ3v) is 4.28. The van der Waals surface area contributed by atoms with Gasteiger partial charge in [0.25, 0.3) is 11.8 Å². The van der Waals surface area contributed by atoms with Crippen molar-refractivity contribution < 1.29 is 9.59 Å². The van der Waals surface area contributed by atoms with Crippen LogP contribution in [-0.4, -0.2) is 21.8 Å². The summed E-state index contributed by atoms with van der Waals surface area (Å²) in [5, 5.41) is 0.818. The SMILES string of the molecule is Nc1c(NNC(=O)c2ccc(Cl)cc2)ncnc1NNC(=O)c1ccccc1Cl. The second-order valence-electron chi connectivity index (χ2n) is 5.63. The summed E-state index contributed by atoms with van der Waals surface area (Å²) in [7, 11) is 0. The van der Waals surface area contributed by atoms with Crippen molar-refractivity contribution in [1.82, 2.24) is 20.8 Å². The lowest BCUT2D eigenvalue weighted by Crippen LogP contribution is -2.32. The fourth-order valence-electron chi connectivity index (χ4n) is 2.21. The Bertz CT molecular complexity index is 1040. The minimum Gasteiger partial charge on any atom is -0.393 e. The van der Waals surface area contributed by atoms with E-state index in [1.54, 1.807) is 48.5 Å². The maximum atomic E-state index is 12.2. The summed E-state index contributed by atoms with van der Waals surface area (Å²) in [5.41, 5.74) is 16.9. The van der Waals surface area contributed by atoms with Crippen LogP contribution in [0.25, 0.3) is 0 Å². The van der Waals surface area contributed by atoms with Crippen molar-refractivity contribution in [2.24, 2.45) is 0 Å². The van der Waals surface area contributed by atoms with Crippen LogP contribution in [0.1, 0.15) is 20.7 Å². The molecule has 1 heterocycles. The highest BCUT2D eigenvalue weighted by Crippen LogP contribution is 2.21. The molecule has 0 radical (unpaired) electrons. The quantitative estimate of drug-likeness (QED) is 0.378. The van der Waals surface area contributed by atoms with Crippen molar-refractivity contribution in [3.8, 4) is 0 Å². The van der Waals surface area contributed by atoms with Crippen LogP contribution in [0.2, 0.25) is 10.0 Å². The molecule has 9 nitrogen and oxygen atoms in total. The normalized spacial score (nSPS) is 10.1. The molecular formula is C18H15Cl2N7O2. The van der Waals surface area contributed by atoms with Gasteiger partial charge in [-0.3, -0.25) is 31.3 Å². The number of anilines is 3. The molecule has 0 aliphatic heterocycles. The highest BCUT2D eigenvalue weighted by atomic mass is 35.5. The fraction of sp³-hybridized carbons (Fsp3) is 0. The van der Waals surface area contributed by atoms with Gasteiger partial charge < -0.3 is 5.73 Å². The molecule has 2 amide bonds. The number of amides is 2. The Labute approximate surface area is 175 Å². The Kier molecular flexibility index (Phi) is 6.32. The number of benzene rings is 2. The Morgan fingerprint density at radius 2 is 1.41 bits per heavy atom. The standard InChI is InChI=1S/C18H15Cl2N7O2/c19-11-7-5-10(6-8-11)17(28)26-24-15-14(21)16(23-9-22-15)25-27-18(29)12-3-1-2-4-13(12)20/h1-9H,21H2,(H,26,28)(H,27,29)(H2,22,23,24,25). The minimum atomic E-state index is -0.473. The van der Waals surface area contributed by atoms with Gasteiger partial charge in [0, 0.05) is 10.6 Å². The number of hydrazine groups is 2. The summed E-state index contributed by atoms with van der Waals surface area (Å²) < 4.78 is 0. The molecule has 3 rings (SSSR count). The van der Waals surface area contributed by atoms with Crippen LogP contribution < -0.4 is 27.4 Å². The number of carbonyl (C=O) groups is 2. The molecule has 11 heteroatoms. The van der Waals surface area contributed by atoms with Crippen LogP contribution in [0.5, 0.6) is 0 Å². The Morgan fingerprint density at radius 1 is 0.828 bits per heavy atom. The van der Waals surface area contributed by atoms with Gasteiger partial charge in [0.15, 0.2) is 11.6 Å². The first-order valence-corrected chi connectivity index (χ1v) is 8.94. The van der Waals surface area contributed by atoms with Gasteiger partial charge in [0.2, 0.25) is 0 Å². The molecule has 0 fully saturated rings. The van der Waals surface area contributed by atoms with Gasteiger partial charge in [-0.05, 0) is 36.4 Å². The first-order valence-electron chi connectivity index (χ1n) is 8.19. The molecule has 3 aromatic rings. The summed E-state index contributed by atoms with van der Waals surface area (Å²) in [6.07, 6.45) is 1.21. The topological polar surface area (TPSA) is 134 Å². The van der Waals surface area contributed by atoms with Gasteiger partial charge in [-0.15, -0.1) is 0 Å². The van der Waals surface area contributed by atoms with Crippen molar-refractivity contribution in [3.05, 3.63) is 76.0 Å². The number of nitrogens with two attached hydrogens (primary N) is 1. The van der Waals surface area contributed by atoms with E-state index in [0.29, 0.717) is 15.6 Å². The van der Waals surface area contributed by atoms with E-state index in [9.17, 15) is 9.59 Å². The summed E-state index contributed by atoms with van der Waals surface area (Å²) >= 11 is 11.8. The van der Waals surface area contributed by atoms with Gasteiger partial charge in [0.05, 0.1) is 10.6 Å². The number of nitrogen functional groups attached to an aromatic ring is 1. The molecule has 2 aromatic carbocycles. The van der Waals surface area contributed by atoms with Crippen molar-refractivity contribution in [2.45, 2.75) is 0 Å². The molecule has 1 aromatic heterocycles. The number of aromatic nitrogens is 2. The average molecular weight is 432 g/mol. The lowest BCUT2D eigenvalue weighted by Gasteiger charge is -2.14. The summed E-state index contributed by atoms with van der Waals surface area (Å²) in [6.45, 7) is 0. The molecule has 0 aliphatic rings. The first-order chi connectivity index (χ1) is 14.0. The van der Waals surface area contributed by atoms with E-state index in [1.165, 1.54) is 6.33 Å². The number of hydrogen-bond acceptors (Lipinski definition) is 7. The number of halogens is 2. The third-order valence-electron chi connectivity index (χ3n) is 3.70. The number of nitrogens with one attached hydrogen (secondary N) is 4. The number of carbonyl (C=O) groups excluding carboxylic acids is 2. The van der Waals surface area contributed by atoms with E-state index < -0.39 is 11.8 Å². The van der Waals surface area contributed by atoms with Gasteiger partial charge in [-0.1, -0.05) is 35.3 Å². The average Bonchev–Trinajstić information content (AvgIpc) is 2.72. The Morgan fingerprint density at radius 3 is 2.03 bits per heavy atom. The van der Waals surface area contributed by atoms with Crippen molar-refractivity contribution in [1.29, 1.82) is 0 Å². The van der Waals surface area contributed by atoms with E-state index in [-0.39, 0.29) is 22.9 Å². The molecular weight excluding hydrogens is 417 g/mol. The lowest BCUT2D eigenvalue weighted by molar-refractivity contribution is 0.0954. The second kappa shape index (κ2) is 9.09. The Balaban J connectivity index is 1.63. The predicted octanol–water partition coefficient (Wildman–Crippen LogP) is 2.88. The molecule has 29 heavy (non-hydrogen) atoms. The van der Waals surface area contributed by atoms with E-state index in [4.69, 9.17) is 28.9 Å². The van der Waals surface area contributed by atoms with Crippen LogP contribution in [0.4, 0.5) is 17.3 Å². The predicted molar refractivity (Wildman–Crippen MR) is 112 cm³/mol. The fourth-order valence-corrected chi connectivity index (χ4v) is 2.56. The van der Waals surface area contributed by atoms with E-state index in [0.717, 1.165) is 0 Å².